The van der Waals surface area contributed by atoms with Crippen LogP contribution >= 0.6 is 15.9 Å². The molecule has 3 fully saturated rings. The molecule has 2 N–H and O–H groups in total. The van der Waals surface area contributed by atoms with Crippen LogP contribution in [0.2, 0.25) is 0 Å². The molecule has 6 rings (SSSR count). The molecule has 266 valence electrons. The van der Waals surface area contributed by atoms with Crippen molar-refractivity contribution < 1.29 is 38.5 Å². The average molecular weight is 744 g/mol. The molecular formula is C36H47BrN4O8. The fraction of sp³-hybridized carbons (Fsp3) is 0.611. The van der Waals surface area contributed by atoms with Crippen LogP contribution in [-0.2, 0) is 33.4 Å². The number of carbonyl (C=O) groups is 4. The number of hydrogen-bond acceptors (Lipinski definition) is 9. The van der Waals surface area contributed by atoms with Gasteiger partial charge < -0.3 is 34.4 Å². The number of amides is 3. The van der Waals surface area contributed by atoms with Gasteiger partial charge in [-0.25, -0.2) is 0 Å². The van der Waals surface area contributed by atoms with Crippen LogP contribution in [0.1, 0.15) is 45.3 Å². The van der Waals surface area contributed by atoms with Gasteiger partial charge in [0.25, 0.3) is 0 Å². The van der Waals surface area contributed by atoms with E-state index in [4.69, 9.17) is 14.2 Å². The predicted octanol–water partition coefficient (Wildman–Crippen LogP) is 2.18. The number of hydrogen-bond donors (Lipinski definition) is 2. The van der Waals surface area contributed by atoms with Gasteiger partial charge in [0.05, 0.1) is 37.8 Å². The molecule has 0 radical (unpaired) electrons. The standard InChI is InChI=1S/C36H47BrN4O8/c1-22(2)26(21-42)41-32-34(45)40(15-14-39-16-18-47-19-17-39)13-9-5-8-12-27(43)38-23(3)30(24-10-6-4-7-11-24)48-35(46)28-29(33(41)44)36(32)20-25(37)31(28)49-36/h4-7,9-11,20,22-23,26,28-32,42H,8,12-19,21H2,1-3H3,(H,38,43)/b9-5-/t23-,26-,28+,29-,30+,31+,32+,36-/m0/s1. The number of carbonyl (C=O) groups excluding carboxylic acids is 4. The first-order valence-electron chi connectivity index (χ1n) is 17.3. The summed E-state index contributed by atoms with van der Waals surface area (Å²) in [6, 6.07) is 6.79. The van der Waals surface area contributed by atoms with E-state index in [0.29, 0.717) is 42.8 Å². The third kappa shape index (κ3) is 6.84. The number of aliphatic hydroxyl groups is 1. The van der Waals surface area contributed by atoms with Crippen LogP contribution in [0.3, 0.4) is 0 Å². The number of morpholine rings is 1. The minimum atomic E-state index is -1.46. The van der Waals surface area contributed by atoms with Gasteiger partial charge in [-0.05, 0) is 30.9 Å². The number of halogens is 1. The molecule has 49 heavy (non-hydrogen) atoms. The van der Waals surface area contributed by atoms with Crippen molar-refractivity contribution in [3.8, 4) is 0 Å². The Labute approximate surface area is 295 Å². The van der Waals surface area contributed by atoms with E-state index in [1.807, 2.05) is 56.3 Å². The third-order valence-corrected chi connectivity index (χ3v) is 11.2. The van der Waals surface area contributed by atoms with Gasteiger partial charge in [0.15, 0.2) is 0 Å². The van der Waals surface area contributed by atoms with E-state index < -0.39 is 59.6 Å². The van der Waals surface area contributed by atoms with Gasteiger partial charge in [0, 0.05) is 43.6 Å². The highest BCUT2D eigenvalue weighted by atomic mass is 79.9. The second-order valence-corrected chi connectivity index (χ2v) is 14.9. The van der Waals surface area contributed by atoms with Crippen molar-refractivity contribution in [2.24, 2.45) is 17.8 Å². The zero-order valence-electron chi connectivity index (χ0n) is 28.3. The van der Waals surface area contributed by atoms with Crippen LogP contribution in [0.4, 0.5) is 0 Å². The summed E-state index contributed by atoms with van der Waals surface area (Å²) in [5.74, 6) is -3.90. The number of cyclic esters (lactones) is 1. The number of nitrogens with zero attached hydrogens (tertiary/aromatic N) is 3. The highest BCUT2D eigenvalue weighted by molar-refractivity contribution is 9.11. The number of rotatable bonds is 7. The van der Waals surface area contributed by atoms with Crippen molar-refractivity contribution in [3.05, 3.63) is 58.6 Å². The lowest BCUT2D eigenvalue weighted by atomic mass is 9.74. The van der Waals surface area contributed by atoms with Gasteiger partial charge in [0.1, 0.15) is 29.8 Å². The second-order valence-electron chi connectivity index (χ2n) is 13.9. The molecule has 5 heterocycles. The van der Waals surface area contributed by atoms with E-state index in [1.165, 1.54) is 4.90 Å². The Kier molecular flexibility index (Phi) is 10.9. The Balaban J connectivity index is 1.43. The van der Waals surface area contributed by atoms with Gasteiger partial charge >= 0.3 is 5.97 Å². The van der Waals surface area contributed by atoms with E-state index in [-0.39, 0.29) is 37.3 Å². The van der Waals surface area contributed by atoms with Gasteiger partial charge in [-0.3, -0.25) is 24.1 Å². The molecule has 0 aromatic heterocycles. The summed E-state index contributed by atoms with van der Waals surface area (Å²) in [4.78, 5) is 62.6. The molecule has 3 saturated heterocycles. The molecule has 5 bridgehead atoms. The molecular weight excluding hydrogens is 696 g/mol. The summed E-state index contributed by atoms with van der Waals surface area (Å²) in [6.07, 6.45) is 4.53. The van der Waals surface area contributed by atoms with Crippen molar-refractivity contribution >= 4 is 39.6 Å². The fourth-order valence-corrected chi connectivity index (χ4v) is 8.71. The molecule has 5 aliphatic rings. The molecule has 0 unspecified atom stereocenters. The molecule has 1 aromatic rings. The van der Waals surface area contributed by atoms with E-state index in [1.54, 1.807) is 17.9 Å². The van der Waals surface area contributed by atoms with E-state index in [2.05, 4.69) is 26.1 Å². The topological polar surface area (TPSA) is 138 Å². The molecule has 12 nitrogen and oxygen atoms in total. The van der Waals surface area contributed by atoms with Crippen molar-refractivity contribution in [2.75, 3.05) is 52.5 Å². The fourth-order valence-electron chi connectivity index (χ4n) is 7.98. The smallest absolute Gasteiger partial charge is 0.313 e. The third-order valence-electron chi connectivity index (χ3n) is 10.5. The second kappa shape index (κ2) is 15.0. The summed E-state index contributed by atoms with van der Waals surface area (Å²) in [6.45, 7) is 9.20. The van der Waals surface area contributed by atoms with Crippen LogP contribution in [-0.4, -0.2) is 126 Å². The first-order valence-corrected chi connectivity index (χ1v) is 18.1. The largest absolute Gasteiger partial charge is 0.455 e. The molecule has 13 heteroatoms. The SMILES string of the molecule is CC(C)[C@H](CO)N1C(=O)[C@@H]2[C@H]3C(=O)O[C@@H](c4ccccc4)[C@H](C)NC(=O)CC/C=C\CN(CCN4CCOCC4)C(=O)[C@@H]1[C@]21C=C(Br)[C@H]3O1. The summed E-state index contributed by atoms with van der Waals surface area (Å²) < 4.78 is 19.0. The maximum Gasteiger partial charge on any atom is 0.313 e. The van der Waals surface area contributed by atoms with Crippen LogP contribution in [0.25, 0.3) is 0 Å². The average Bonchev–Trinajstić information content (AvgIpc) is 3.68. The first-order chi connectivity index (χ1) is 23.6. The van der Waals surface area contributed by atoms with Crippen LogP contribution in [0, 0.1) is 17.8 Å². The summed E-state index contributed by atoms with van der Waals surface area (Å²) in [5, 5.41) is 13.6. The monoisotopic (exact) mass is 742 g/mol. The van der Waals surface area contributed by atoms with E-state index in [9.17, 15) is 24.3 Å². The van der Waals surface area contributed by atoms with Gasteiger partial charge in [-0.1, -0.05) is 72.3 Å². The van der Waals surface area contributed by atoms with Crippen molar-refractivity contribution in [3.63, 3.8) is 0 Å². The summed E-state index contributed by atoms with van der Waals surface area (Å²) in [7, 11) is 0. The number of likely N-dealkylation sites (tertiary alicyclic amines) is 1. The zero-order chi connectivity index (χ0) is 34.9. The number of allylic oxidation sites excluding steroid dienone is 1. The minimum absolute atomic E-state index is 0.194. The number of benzene rings is 1. The molecule has 3 amide bonds. The van der Waals surface area contributed by atoms with Crippen molar-refractivity contribution in [2.45, 2.75) is 69.5 Å². The zero-order valence-corrected chi connectivity index (χ0v) is 29.9. The molecule has 1 spiro atoms. The summed E-state index contributed by atoms with van der Waals surface area (Å²) in [5.41, 5.74) is -0.765. The quantitative estimate of drug-likeness (QED) is 0.318. The highest BCUT2D eigenvalue weighted by Crippen LogP contribution is 2.59. The van der Waals surface area contributed by atoms with Crippen molar-refractivity contribution in [1.29, 1.82) is 0 Å². The number of esters is 1. The predicted molar refractivity (Wildman–Crippen MR) is 183 cm³/mol. The normalized spacial score (nSPS) is 34.1. The maximum absolute atomic E-state index is 15.0. The van der Waals surface area contributed by atoms with Gasteiger partial charge in [0.2, 0.25) is 17.7 Å². The Morgan fingerprint density at radius 1 is 1.02 bits per heavy atom. The minimum Gasteiger partial charge on any atom is -0.455 e. The first kappa shape index (κ1) is 35.7. The number of ether oxygens (including phenoxy) is 3. The maximum atomic E-state index is 15.0. The van der Waals surface area contributed by atoms with Gasteiger partial charge in [-0.2, -0.15) is 0 Å². The molecule has 5 aliphatic heterocycles. The lowest BCUT2D eigenvalue weighted by Gasteiger charge is -2.40. The Morgan fingerprint density at radius 3 is 2.45 bits per heavy atom. The Morgan fingerprint density at radius 2 is 1.76 bits per heavy atom. The number of fused-ring (bicyclic) bond motifs is 2. The molecule has 0 aliphatic carbocycles. The Hall–Kier alpha value is -3.10. The van der Waals surface area contributed by atoms with Gasteiger partial charge in [-0.15, -0.1) is 0 Å². The van der Waals surface area contributed by atoms with Crippen LogP contribution < -0.4 is 5.32 Å². The van der Waals surface area contributed by atoms with Crippen LogP contribution in [0.5, 0.6) is 0 Å². The highest BCUT2D eigenvalue weighted by Gasteiger charge is 2.75. The molecule has 0 saturated carbocycles. The summed E-state index contributed by atoms with van der Waals surface area (Å²) >= 11 is 3.62. The van der Waals surface area contributed by atoms with E-state index >= 15 is 0 Å². The number of nitrogens with one attached hydrogen (secondary N) is 1. The lowest BCUT2D eigenvalue weighted by Crippen LogP contribution is -2.60. The Bertz CT molecular complexity index is 1470. The van der Waals surface area contributed by atoms with Crippen LogP contribution in [0.15, 0.2) is 53.0 Å². The molecule has 1 aromatic carbocycles. The molecule has 8 atom stereocenters. The number of aliphatic hydroxyl groups excluding tert-OH is 1. The van der Waals surface area contributed by atoms with Crippen molar-refractivity contribution in [1.82, 2.24) is 20.0 Å². The lowest BCUT2D eigenvalue weighted by molar-refractivity contribution is -0.162. The van der Waals surface area contributed by atoms with E-state index in [0.717, 1.165) is 13.1 Å².